The lowest BCUT2D eigenvalue weighted by Gasteiger charge is -2.11. The van der Waals surface area contributed by atoms with Crippen LogP contribution in [0.5, 0.6) is 0 Å². The molecule has 1 amide bonds. The molecule has 0 saturated heterocycles. The summed E-state index contributed by atoms with van der Waals surface area (Å²) in [6.45, 7) is 5.03. The summed E-state index contributed by atoms with van der Waals surface area (Å²) in [5.41, 5.74) is 2.27. The number of para-hydroxylation sites is 1. The second-order valence-electron chi connectivity index (χ2n) is 7.03. The molecule has 0 atom stereocenters. The average Bonchev–Trinajstić information content (AvgIpc) is 3.08. The van der Waals surface area contributed by atoms with Crippen LogP contribution in [0.2, 0.25) is 0 Å². The number of carbonyl (C=O) groups is 1. The summed E-state index contributed by atoms with van der Waals surface area (Å²) in [5.74, 6) is 0.842. The van der Waals surface area contributed by atoms with E-state index in [1.165, 1.54) is 0 Å². The largest absolute Gasteiger partial charge is 0.339 e. The van der Waals surface area contributed by atoms with Crippen LogP contribution < -0.4 is 5.32 Å². The summed E-state index contributed by atoms with van der Waals surface area (Å²) in [6, 6.07) is 13.8. The monoisotopic (exact) mass is 413 g/mol. The highest BCUT2D eigenvalue weighted by atomic mass is 32.2. The zero-order valence-corrected chi connectivity index (χ0v) is 17.4. The van der Waals surface area contributed by atoms with Gasteiger partial charge in [-0.1, -0.05) is 35.5 Å². The van der Waals surface area contributed by atoms with E-state index in [1.807, 2.05) is 24.3 Å². The molecule has 0 unspecified atom stereocenters. The number of sulfone groups is 1. The van der Waals surface area contributed by atoms with Gasteiger partial charge in [-0.3, -0.25) is 4.79 Å². The predicted molar refractivity (Wildman–Crippen MR) is 109 cm³/mol. The van der Waals surface area contributed by atoms with Crippen molar-refractivity contribution in [2.24, 2.45) is 0 Å². The Bertz CT molecular complexity index is 1100. The third-order valence-corrected chi connectivity index (χ3v) is 6.61. The van der Waals surface area contributed by atoms with Crippen LogP contribution >= 0.6 is 0 Å². The molecule has 0 spiro atoms. The van der Waals surface area contributed by atoms with Gasteiger partial charge in [0.2, 0.25) is 11.8 Å². The minimum absolute atomic E-state index is 0.135. The van der Waals surface area contributed by atoms with E-state index in [-0.39, 0.29) is 17.2 Å². The molecule has 0 radical (unpaired) electrons. The first-order valence-corrected chi connectivity index (χ1v) is 10.8. The third-order valence-electron chi connectivity index (χ3n) is 4.44. The number of hydrogen-bond donors (Lipinski definition) is 1. The predicted octanol–water partition coefficient (Wildman–Crippen LogP) is 3.33. The van der Waals surface area contributed by atoms with Crippen molar-refractivity contribution in [2.45, 2.75) is 43.8 Å². The maximum absolute atomic E-state index is 12.5. The Morgan fingerprint density at radius 2 is 1.79 bits per heavy atom. The van der Waals surface area contributed by atoms with Gasteiger partial charge in [0.25, 0.3) is 0 Å². The Morgan fingerprint density at radius 3 is 2.41 bits per heavy atom. The molecule has 1 aromatic heterocycles. The average molecular weight is 413 g/mol. The van der Waals surface area contributed by atoms with E-state index in [0.29, 0.717) is 23.8 Å². The van der Waals surface area contributed by atoms with E-state index in [1.54, 1.807) is 45.0 Å². The van der Waals surface area contributed by atoms with Crippen molar-refractivity contribution in [3.8, 4) is 0 Å². The van der Waals surface area contributed by atoms with Gasteiger partial charge in [-0.2, -0.15) is 4.98 Å². The Balaban J connectivity index is 1.68. The number of nitrogens with zero attached hydrogens (tertiary/aromatic N) is 2. The van der Waals surface area contributed by atoms with Gasteiger partial charge in [0.1, 0.15) is 0 Å². The van der Waals surface area contributed by atoms with Crippen molar-refractivity contribution in [2.75, 3.05) is 5.32 Å². The number of rotatable bonds is 7. The van der Waals surface area contributed by atoms with Crippen LogP contribution in [0.4, 0.5) is 5.69 Å². The summed E-state index contributed by atoms with van der Waals surface area (Å²) in [4.78, 5) is 17.0. The molecule has 0 aliphatic rings. The van der Waals surface area contributed by atoms with Gasteiger partial charge in [-0.05, 0) is 50.1 Å². The summed E-state index contributed by atoms with van der Waals surface area (Å²) < 4.78 is 29.6. The van der Waals surface area contributed by atoms with Crippen LogP contribution in [0.1, 0.15) is 36.7 Å². The molecule has 0 saturated carbocycles. The number of nitrogens with one attached hydrogen (secondary N) is 1. The van der Waals surface area contributed by atoms with Gasteiger partial charge in [0.15, 0.2) is 15.7 Å². The highest BCUT2D eigenvalue weighted by molar-refractivity contribution is 7.92. The van der Waals surface area contributed by atoms with Crippen molar-refractivity contribution < 1.29 is 17.7 Å². The van der Waals surface area contributed by atoms with E-state index >= 15 is 0 Å². The molecule has 0 aliphatic heterocycles. The molecule has 0 bridgehead atoms. The lowest BCUT2D eigenvalue weighted by atomic mass is 10.1. The molecule has 29 heavy (non-hydrogen) atoms. The highest BCUT2D eigenvalue weighted by Crippen LogP contribution is 2.20. The Kier molecular flexibility index (Phi) is 6.12. The SMILES string of the molecule is Cc1noc(Cc2ccccc2NC(=O)Cc2ccc(S(=O)(=O)C(C)C)cc2)n1. The second kappa shape index (κ2) is 8.57. The normalized spacial score (nSPS) is 11.6. The topological polar surface area (TPSA) is 102 Å². The first kappa shape index (κ1) is 20.7. The molecule has 7 nitrogen and oxygen atoms in total. The fourth-order valence-corrected chi connectivity index (χ4v) is 3.88. The quantitative estimate of drug-likeness (QED) is 0.637. The summed E-state index contributed by atoms with van der Waals surface area (Å²) in [6.07, 6.45) is 0.551. The first-order chi connectivity index (χ1) is 13.8. The van der Waals surface area contributed by atoms with Gasteiger partial charge in [0, 0.05) is 5.69 Å². The van der Waals surface area contributed by atoms with Gasteiger partial charge >= 0.3 is 0 Å². The van der Waals surface area contributed by atoms with Crippen molar-refractivity contribution in [1.82, 2.24) is 10.1 Å². The minimum Gasteiger partial charge on any atom is -0.339 e. The molecular formula is C21H23N3O4S. The molecule has 3 rings (SSSR count). The molecule has 8 heteroatoms. The number of aromatic nitrogens is 2. The molecule has 3 aromatic rings. The zero-order valence-electron chi connectivity index (χ0n) is 16.5. The fraction of sp³-hybridized carbons (Fsp3) is 0.286. The molecule has 2 aromatic carbocycles. The smallest absolute Gasteiger partial charge is 0.231 e. The minimum atomic E-state index is -3.32. The van der Waals surface area contributed by atoms with E-state index in [4.69, 9.17) is 4.52 Å². The summed E-state index contributed by atoms with van der Waals surface area (Å²) in [5, 5.41) is 6.19. The molecule has 1 N–H and O–H groups in total. The van der Waals surface area contributed by atoms with Gasteiger partial charge < -0.3 is 9.84 Å². The summed E-state index contributed by atoms with van der Waals surface area (Å²) >= 11 is 0. The lowest BCUT2D eigenvalue weighted by Crippen LogP contribution is -2.16. The van der Waals surface area contributed by atoms with Gasteiger partial charge in [0.05, 0.1) is 23.0 Å². The Labute approximate surface area is 170 Å². The van der Waals surface area contributed by atoms with Crippen LogP contribution in [0.25, 0.3) is 0 Å². The lowest BCUT2D eigenvalue weighted by molar-refractivity contribution is -0.115. The van der Waals surface area contributed by atoms with Crippen LogP contribution in [0.3, 0.4) is 0 Å². The molecule has 1 heterocycles. The number of carbonyl (C=O) groups excluding carboxylic acids is 1. The third kappa shape index (κ3) is 5.08. The van der Waals surface area contributed by atoms with Crippen molar-refractivity contribution in [3.05, 3.63) is 71.4 Å². The van der Waals surface area contributed by atoms with Crippen molar-refractivity contribution >= 4 is 21.4 Å². The first-order valence-electron chi connectivity index (χ1n) is 9.25. The Morgan fingerprint density at radius 1 is 1.10 bits per heavy atom. The fourth-order valence-electron chi connectivity index (χ4n) is 2.82. The van der Waals surface area contributed by atoms with Crippen molar-refractivity contribution in [1.29, 1.82) is 0 Å². The van der Waals surface area contributed by atoms with Crippen LogP contribution in [0, 0.1) is 6.92 Å². The maximum atomic E-state index is 12.5. The molecule has 0 aliphatic carbocycles. The zero-order chi connectivity index (χ0) is 21.0. The summed E-state index contributed by atoms with van der Waals surface area (Å²) in [7, 11) is -3.32. The van der Waals surface area contributed by atoms with Crippen LogP contribution in [-0.2, 0) is 27.5 Å². The Hall–Kier alpha value is -3.00. The maximum Gasteiger partial charge on any atom is 0.231 e. The van der Waals surface area contributed by atoms with Crippen LogP contribution in [-0.4, -0.2) is 29.7 Å². The standard InChI is InChI=1S/C21H23N3O4S/c1-14(2)29(26,27)18-10-8-16(9-11-18)12-20(25)23-19-7-5-4-6-17(19)13-21-22-15(3)24-28-21/h4-11,14H,12-13H2,1-3H3,(H,23,25). The molecular weight excluding hydrogens is 390 g/mol. The molecule has 152 valence electrons. The number of hydrogen-bond acceptors (Lipinski definition) is 6. The molecule has 0 fully saturated rings. The van der Waals surface area contributed by atoms with E-state index < -0.39 is 15.1 Å². The van der Waals surface area contributed by atoms with Gasteiger partial charge in [-0.25, -0.2) is 8.42 Å². The van der Waals surface area contributed by atoms with E-state index in [9.17, 15) is 13.2 Å². The number of aryl methyl sites for hydroxylation is 1. The van der Waals surface area contributed by atoms with E-state index in [2.05, 4.69) is 15.5 Å². The van der Waals surface area contributed by atoms with Gasteiger partial charge in [-0.15, -0.1) is 0 Å². The van der Waals surface area contributed by atoms with Crippen LogP contribution in [0.15, 0.2) is 57.9 Å². The number of benzene rings is 2. The van der Waals surface area contributed by atoms with Crippen molar-refractivity contribution in [3.63, 3.8) is 0 Å². The number of amides is 1. The second-order valence-corrected chi connectivity index (χ2v) is 9.54. The highest BCUT2D eigenvalue weighted by Gasteiger charge is 2.19. The van der Waals surface area contributed by atoms with E-state index in [0.717, 1.165) is 11.1 Å². The number of anilines is 1.